The molecule has 7 nitrogen and oxygen atoms in total. The summed E-state index contributed by atoms with van der Waals surface area (Å²) in [5, 5.41) is 0. The van der Waals surface area contributed by atoms with Gasteiger partial charge in [-0.25, -0.2) is 9.29 Å². The summed E-state index contributed by atoms with van der Waals surface area (Å²) >= 11 is 0. The van der Waals surface area contributed by atoms with Crippen LogP contribution in [0.1, 0.15) is 32.4 Å². The van der Waals surface area contributed by atoms with Crippen LogP contribution in [0.3, 0.4) is 0 Å². The highest BCUT2D eigenvalue weighted by atomic mass is 19.1. The Morgan fingerprint density at radius 3 is 2.03 bits per heavy atom. The van der Waals surface area contributed by atoms with Gasteiger partial charge in [0.05, 0.1) is 30.7 Å². The van der Waals surface area contributed by atoms with E-state index in [4.69, 9.17) is 9.47 Å². The number of fused-ring (bicyclic) bond motifs is 3. The molecule has 3 aliphatic rings. The number of imide groups is 1. The zero-order valence-corrected chi connectivity index (χ0v) is 18.4. The Morgan fingerprint density at radius 1 is 0.829 bits per heavy atom. The molecule has 35 heavy (non-hydrogen) atoms. The maximum Gasteiger partial charge on any atom is 0.241 e. The molecular formula is C27H18FNO6. The first-order valence-corrected chi connectivity index (χ1v) is 11.0. The lowest BCUT2D eigenvalue weighted by Gasteiger charge is -2.27. The number of anilines is 1. The number of rotatable bonds is 3. The highest BCUT2D eigenvalue weighted by Crippen LogP contribution is 2.57. The van der Waals surface area contributed by atoms with E-state index >= 15 is 0 Å². The molecule has 0 aromatic heterocycles. The highest BCUT2D eigenvalue weighted by Gasteiger charge is 2.74. The fourth-order valence-corrected chi connectivity index (χ4v) is 5.48. The standard InChI is InChI=1S/C27H18FNO6/c1-34-15-12-10-14(11-13-15)22-20-21(26(33)29(25(20)32)19-9-5-4-8-18(19)28)27(35-22)23(30)16-6-2-3-7-17(16)24(27)31/h2-13,20-22H,1H3. The van der Waals surface area contributed by atoms with Gasteiger partial charge in [0.15, 0.2) is 0 Å². The number of methoxy groups -OCH3 is 1. The van der Waals surface area contributed by atoms with E-state index in [1.807, 2.05) is 0 Å². The first kappa shape index (κ1) is 21.4. The van der Waals surface area contributed by atoms with Crippen molar-refractivity contribution in [2.24, 2.45) is 11.8 Å². The summed E-state index contributed by atoms with van der Waals surface area (Å²) in [6, 6.07) is 18.2. The third-order valence-corrected chi connectivity index (χ3v) is 7.06. The normalized spacial score (nSPS) is 24.3. The van der Waals surface area contributed by atoms with E-state index in [2.05, 4.69) is 0 Å². The summed E-state index contributed by atoms with van der Waals surface area (Å²) in [5.74, 6) is -5.74. The Labute approximate surface area is 199 Å². The average Bonchev–Trinajstić information content (AvgIpc) is 3.45. The second-order valence-corrected chi connectivity index (χ2v) is 8.72. The van der Waals surface area contributed by atoms with Crippen LogP contribution < -0.4 is 9.64 Å². The van der Waals surface area contributed by atoms with Crippen molar-refractivity contribution in [2.75, 3.05) is 12.0 Å². The summed E-state index contributed by atoms with van der Waals surface area (Å²) in [5.41, 5.74) is -1.67. The first-order valence-electron chi connectivity index (χ1n) is 11.0. The largest absolute Gasteiger partial charge is 0.497 e. The third kappa shape index (κ3) is 2.68. The lowest BCUT2D eigenvalue weighted by molar-refractivity contribution is -0.127. The first-order chi connectivity index (χ1) is 16.9. The Kier molecular flexibility index (Phi) is 4.53. The van der Waals surface area contributed by atoms with Crippen LogP contribution >= 0.6 is 0 Å². The molecule has 2 fully saturated rings. The predicted octanol–water partition coefficient (Wildman–Crippen LogP) is 3.53. The van der Waals surface area contributed by atoms with Crippen molar-refractivity contribution in [1.82, 2.24) is 0 Å². The van der Waals surface area contributed by atoms with E-state index in [1.54, 1.807) is 36.4 Å². The minimum Gasteiger partial charge on any atom is -0.497 e. The maximum atomic E-state index is 14.7. The maximum absolute atomic E-state index is 14.7. The van der Waals surface area contributed by atoms with Crippen LogP contribution in [-0.2, 0) is 14.3 Å². The van der Waals surface area contributed by atoms with Gasteiger partial charge in [0, 0.05) is 11.1 Å². The number of halogens is 1. The van der Waals surface area contributed by atoms with Gasteiger partial charge in [0.25, 0.3) is 0 Å². The molecule has 3 unspecified atom stereocenters. The van der Waals surface area contributed by atoms with Crippen LogP contribution in [0.15, 0.2) is 72.8 Å². The topological polar surface area (TPSA) is 90.0 Å². The van der Waals surface area contributed by atoms with Gasteiger partial charge in [-0.3, -0.25) is 19.2 Å². The summed E-state index contributed by atoms with van der Waals surface area (Å²) in [6.07, 6.45) is -1.08. The monoisotopic (exact) mass is 471 g/mol. The van der Waals surface area contributed by atoms with E-state index in [9.17, 15) is 23.6 Å². The highest BCUT2D eigenvalue weighted by molar-refractivity contribution is 6.37. The Bertz CT molecular complexity index is 1400. The molecule has 2 amide bonds. The van der Waals surface area contributed by atoms with Gasteiger partial charge in [0.1, 0.15) is 11.6 Å². The molecule has 3 atom stereocenters. The minimum absolute atomic E-state index is 0.135. The zero-order valence-electron chi connectivity index (χ0n) is 18.4. The Morgan fingerprint density at radius 2 is 1.43 bits per heavy atom. The molecular weight excluding hydrogens is 453 g/mol. The fourth-order valence-electron chi connectivity index (χ4n) is 5.48. The van der Waals surface area contributed by atoms with Gasteiger partial charge >= 0.3 is 0 Å². The lowest BCUT2D eigenvalue weighted by Crippen LogP contribution is -2.51. The van der Waals surface area contributed by atoms with E-state index in [1.165, 1.54) is 37.4 Å². The summed E-state index contributed by atoms with van der Waals surface area (Å²) < 4.78 is 26.1. The second-order valence-electron chi connectivity index (χ2n) is 8.72. The van der Waals surface area contributed by atoms with Crippen LogP contribution in [0.25, 0.3) is 0 Å². The number of hydrogen-bond donors (Lipinski definition) is 0. The fraction of sp³-hybridized carbons (Fsp3) is 0.185. The van der Waals surface area contributed by atoms with Gasteiger partial charge in [-0.1, -0.05) is 48.5 Å². The Hall–Kier alpha value is -4.17. The van der Waals surface area contributed by atoms with Crippen LogP contribution in [0.4, 0.5) is 10.1 Å². The number of carbonyl (C=O) groups excluding carboxylic acids is 4. The molecule has 174 valence electrons. The number of amides is 2. The van der Waals surface area contributed by atoms with Crippen molar-refractivity contribution in [1.29, 1.82) is 0 Å². The van der Waals surface area contributed by atoms with Crippen molar-refractivity contribution in [2.45, 2.75) is 11.7 Å². The van der Waals surface area contributed by atoms with Crippen LogP contribution in [-0.4, -0.2) is 36.1 Å². The number of ether oxygens (including phenoxy) is 2. The van der Waals surface area contributed by atoms with Crippen LogP contribution in [0.2, 0.25) is 0 Å². The number of Topliss-reactive ketones (excluding diaryl/α,β-unsaturated/α-hetero) is 2. The smallest absolute Gasteiger partial charge is 0.241 e. The van der Waals surface area contributed by atoms with Crippen molar-refractivity contribution in [3.05, 3.63) is 95.3 Å². The molecule has 0 radical (unpaired) electrons. The number of carbonyl (C=O) groups is 4. The molecule has 2 aliphatic heterocycles. The van der Waals surface area contributed by atoms with Crippen LogP contribution in [0, 0.1) is 17.7 Å². The van der Waals surface area contributed by atoms with E-state index in [0.29, 0.717) is 11.3 Å². The van der Waals surface area contributed by atoms with Crippen molar-refractivity contribution >= 4 is 29.1 Å². The number of ketones is 2. The van der Waals surface area contributed by atoms with E-state index in [0.717, 1.165) is 11.0 Å². The molecule has 8 heteroatoms. The molecule has 0 saturated carbocycles. The van der Waals surface area contributed by atoms with Crippen molar-refractivity contribution in [3.63, 3.8) is 0 Å². The molecule has 0 bridgehead atoms. The number of benzene rings is 3. The van der Waals surface area contributed by atoms with E-state index in [-0.39, 0.29) is 16.8 Å². The average molecular weight is 471 g/mol. The van der Waals surface area contributed by atoms with Gasteiger partial charge in [-0.15, -0.1) is 0 Å². The number of nitrogens with zero attached hydrogens (tertiary/aromatic N) is 1. The van der Waals surface area contributed by atoms with Crippen molar-refractivity contribution in [3.8, 4) is 5.75 Å². The lowest BCUT2D eigenvalue weighted by atomic mass is 9.77. The number of hydrogen-bond acceptors (Lipinski definition) is 6. The third-order valence-electron chi connectivity index (χ3n) is 7.06. The van der Waals surface area contributed by atoms with Crippen LogP contribution in [0.5, 0.6) is 5.75 Å². The molecule has 1 spiro atoms. The van der Waals surface area contributed by atoms with Gasteiger partial charge in [-0.05, 0) is 29.8 Å². The van der Waals surface area contributed by atoms with Gasteiger partial charge < -0.3 is 9.47 Å². The molecule has 3 aromatic carbocycles. The minimum atomic E-state index is -2.20. The molecule has 2 heterocycles. The molecule has 3 aromatic rings. The van der Waals surface area contributed by atoms with Gasteiger partial charge in [-0.2, -0.15) is 0 Å². The molecule has 2 saturated heterocycles. The van der Waals surface area contributed by atoms with Gasteiger partial charge in [0.2, 0.25) is 29.0 Å². The van der Waals surface area contributed by atoms with E-state index < -0.39 is 52.7 Å². The zero-order chi connectivity index (χ0) is 24.5. The Balaban J connectivity index is 1.54. The van der Waals surface area contributed by atoms with Crippen molar-refractivity contribution < 1.29 is 33.0 Å². The predicted molar refractivity (Wildman–Crippen MR) is 121 cm³/mol. The summed E-state index contributed by atoms with van der Waals surface area (Å²) in [7, 11) is 1.50. The quantitative estimate of drug-likeness (QED) is 0.429. The number of para-hydroxylation sites is 1. The molecule has 1 aliphatic carbocycles. The molecule has 0 N–H and O–H groups in total. The summed E-state index contributed by atoms with van der Waals surface area (Å²) in [6.45, 7) is 0. The SMILES string of the molecule is COc1ccc(C2OC3(C(=O)c4ccccc4C3=O)C3C(=O)N(c4ccccc4F)C(=O)C23)cc1. The second kappa shape index (κ2) is 7.41. The summed E-state index contributed by atoms with van der Waals surface area (Å²) in [4.78, 5) is 55.6. The molecule has 6 rings (SSSR count).